The van der Waals surface area contributed by atoms with E-state index in [2.05, 4.69) is 40.7 Å². The topological polar surface area (TPSA) is 46.5 Å². The maximum atomic E-state index is 11.1. The zero-order chi connectivity index (χ0) is 18.0. The first-order valence-corrected chi connectivity index (χ1v) is 9.26. The highest BCUT2D eigenvalue weighted by atomic mass is 16.7. The Kier molecular flexibility index (Phi) is 5.62. The van der Waals surface area contributed by atoms with E-state index in [1.165, 1.54) is 30.4 Å². The zero-order valence-electron chi connectivity index (χ0n) is 15.9. The highest BCUT2D eigenvalue weighted by Gasteiger charge is 2.38. The lowest BCUT2D eigenvalue weighted by atomic mass is 9.63. The smallest absolute Gasteiger partial charge is 0.449 e. The minimum absolute atomic E-state index is 0.0577. The lowest BCUT2D eigenvalue weighted by Gasteiger charge is -2.42. The van der Waals surface area contributed by atoms with Gasteiger partial charge in [-0.25, -0.2) is 4.79 Å². The average Bonchev–Trinajstić information content (AvgIpc) is 2.48. The molecule has 0 heterocycles. The van der Waals surface area contributed by atoms with Crippen LogP contribution in [0.15, 0.2) is 12.1 Å². The summed E-state index contributed by atoms with van der Waals surface area (Å²) in [5.41, 5.74) is 3.83. The number of rotatable bonds is 6. The lowest BCUT2D eigenvalue weighted by molar-refractivity contribution is 0.144. The number of unbranched alkanes of at least 4 members (excludes halogenated alkanes) is 3. The van der Waals surface area contributed by atoms with Crippen molar-refractivity contribution in [1.29, 1.82) is 0 Å². The molecule has 0 spiro atoms. The SMILES string of the molecule is CCCCCCc1cc2c(cc1OC(=O)O)C(C)(C)CCC2(C)C. The number of hydrogen-bond donors (Lipinski definition) is 1. The van der Waals surface area contributed by atoms with E-state index in [-0.39, 0.29) is 10.8 Å². The second kappa shape index (κ2) is 7.16. The fourth-order valence-corrected chi connectivity index (χ4v) is 3.77. The Morgan fingerprint density at radius 3 is 2.17 bits per heavy atom. The molecule has 134 valence electrons. The monoisotopic (exact) mass is 332 g/mol. The van der Waals surface area contributed by atoms with Gasteiger partial charge in [-0.2, -0.15) is 0 Å². The molecule has 0 bridgehead atoms. The third-order valence-corrected chi connectivity index (χ3v) is 5.53. The minimum atomic E-state index is -1.22. The molecule has 0 fully saturated rings. The Hall–Kier alpha value is -1.51. The van der Waals surface area contributed by atoms with Crippen LogP contribution < -0.4 is 4.74 Å². The molecule has 3 nitrogen and oxygen atoms in total. The predicted octanol–water partition coefficient (Wildman–Crippen LogP) is 6.22. The first-order valence-electron chi connectivity index (χ1n) is 9.26. The summed E-state index contributed by atoms with van der Waals surface area (Å²) >= 11 is 0. The molecule has 0 saturated carbocycles. The summed E-state index contributed by atoms with van der Waals surface area (Å²) in [6.07, 6.45) is 6.59. The first-order chi connectivity index (χ1) is 11.2. The van der Waals surface area contributed by atoms with Crippen LogP contribution in [-0.2, 0) is 17.3 Å². The van der Waals surface area contributed by atoms with Crippen LogP contribution in [0.4, 0.5) is 4.79 Å². The fourth-order valence-electron chi connectivity index (χ4n) is 3.77. The largest absolute Gasteiger partial charge is 0.511 e. The van der Waals surface area contributed by atoms with Crippen LogP contribution in [0.2, 0.25) is 0 Å². The van der Waals surface area contributed by atoms with Gasteiger partial charge in [0.1, 0.15) is 5.75 Å². The second-order valence-corrected chi connectivity index (χ2v) is 8.45. The number of ether oxygens (including phenoxy) is 1. The summed E-state index contributed by atoms with van der Waals surface area (Å²) in [4.78, 5) is 11.1. The molecule has 0 amide bonds. The number of carboxylic acid groups (broad SMARTS) is 1. The molecule has 1 aliphatic rings. The van der Waals surface area contributed by atoms with Crippen LogP contribution in [-0.4, -0.2) is 11.3 Å². The molecule has 24 heavy (non-hydrogen) atoms. The van der Waals surface area contributed by atoms with Crippen molar-refractivity contribution in [3.63, 3.8) is 0 Å². The zero-order valence-corrected chi connectivity index (χ0v) is 15.9. The van der Waals surface area contributed by atoms with Crippen molar-refractivity contribution in [2.75, 3.05) is 0 Å². The van der Waals surface area contributed by atoms with Crippen LogP contribution in [0.1, 0.15) is 89.8 Å². The number of carbonyl (C=O) groups is 1. The van der Waals surface area contributed by atoms with E-state index in [9.17, 15) is 4.79 Å². The van der Waals surface area contributed by atoms with E-state index in [1.54, 1.807) is 0 Å². The molecular weight excluding hydrogens is 300 g/mol. The molecule has 0 radical (unpaired) electrons. The van der Waals surface area contributed by atoms with Crippen LogP contribution in [0.25, 0.3) is 0 Å². The maximum Gasteiger partial charge on any atom is 0.511 e. The summed E-state index contributed by atoms with van der Waals surface area (Å²) in [5.74, 6) is 0.531. The third kappa shape index (κ3) is 4.12. The average molecular weight is 332 g/mol. The van der Waals surface area contributed by atoms with Crippen LogP contribution in [0.3, 0.4) is 0 Å². The van der Waals surface area contributed by atoms with Gasteiger partial charge in [0, 0.05) is 0 Å². The Morgan fingerprint density at radius 1 is 1.04 bits per heavy atom. The molecule has 0 aromatic heterocycles. The molecule has 1 aliphatic carbocycles. The van der Waals surface area contributed by atoms with E-state index in [1.807, 2.05) is 6.07 Å². The van der Waals surface area contributed by atoms with Gasteiger partial charge in [-0.1, -0.05) is 59.9 Å². The third-order valence-electron chi connectivity index (χ3n) is 5.53. The molecule has 0 aliphatic heterocycles. The number of aryl methyl sites for hydroxylation is 1. The van der Waals surface area contributed by atoms with Gasteiger partial charge < -0.3 is 9.84 Å². The normalized spacial score (nSPS) is 18.0. The van der Waals surface area contributed by atoms with Crippen LogP contribution >= 0.6 is 0 Å². The van der Waals surface area contributed by atoms with Crippen molar-refractivity contribution < 1.29 is 14.6 Å². The summed E-state index contributed by atoms with van der Waals surface area (Å²) in [7, 11) is 0. The number of fused-ring (bicyclic) bond motifs is 1. The molecule has 1 aromatic rings. The van der Waals surface area contributed by atoms with Gasteiger partial charge in [0.05, 0.1) is 0 Å². The Morgan fingerprint density at radius 2 is 1.62 bits per heavy atom. The van der Waals surface area contributed by atoms with E-state index >= 15 is 0 Å². The van der Waals surface area contributed by atoms with E-state index < -0.39 is 6.16 Å². The van der Waals surface area contributed by atoms with Crippen molar-refractivity contribution in [3.8, 4) is 5.75 Å². The quantitative estimate of drug-likeness (QED) is 0.382. The maximum absolute atomic E-state index is 11.1. The summed E-state index contributed by atoms with van der Waals surface area (Å²) in [6, 6.07) is 4.22. The predicted molar refractivity (Wildman–Crippen MR) is 98.2 cm³/mol. The van der Waals surface area contributed by atoms with Crippen LogP contribution in [0, 0.1) is 0 Å². The standard InChI is InChI=1S/C21H32O3/c1-6-7-8-9-10-15-13-16-17(14-18(15)24-19(22)23)21(4,5)12-11-20(16,2)3/h13-14H,6-12H2,1-5H3,(H,22,23). The highest BCUT2D eigenvalue weighted by molar-refractivity contribution is 5.63. The Balaban J connectivity index is 2.43. The minimum Gasteiger partial charge on any atom is -0.449 e. The lowest BCUT2D eigenvalue weighted by Crippen LogP contribution is -2.34. The molecule has 3 heteroatoms. The van der Waals surface area contributed by atoms with Crippen molar-refractivity contribution in [2.24, 2.45) is 0 Å². The van der Waals surface area contributed by atoms with Crippen molar-refractivity contribution in [2.45, 2.75) is 90.4 Å². The van der Waals surface area contributed by atoms with Crippen molar-refractivity contribution in [3.05, 3.63) is 28.8 Å². The summed E-state index contributed by atoms with van der Waals surface area (Å²) < 4.78 is 5.15. The van der Waals surface area contributed by atoms with Gasteiger partial charge in [0.2, 0.25) is 0 Å². The molecule has 0 saturated heterocycles. The summed E-state index contributed by atoms with van der Waals surface area (Å²) in [6.45, 7) is 11.3. The second-order valence-electron chi connectivity index (χ2n) is 8.45. The van der Waals surface area contributed by atoms with Crippen molar-refractivity contribution in [1.82, 2.24) is 0 Å². The summed E-state index contributed by atoms with van der Waals surface area (Å²) in [5, 5.41) is 9.12. The van der Waals surface area contributed by atoms with Crippen molar-refractivity contribution >= 4 is 6.16 Å². The molecule has 1 aromatic carbocycles. The van der Waals surface area contributed by atoms with E-state index in [0.717, 1.165) is 31.2 Å². The van der Waals surface area contributed by atoms with Gasteiger partial charge in [-0.3, -0.25) is 0 Å². The first kappa shape index (κ1) is 18.8. The van der Waals surface area contributed by atoms with Gasteiger partial charge in [0.15, 0.2) is 0 Å². The Bertz CT molecular complexity index is 599. The highest BCUT2D eigenvalue weighted by Crippen LogP contribution is 2.47. The Labute approximate surface area is 146 Å². The van der Waals surface area contributed by atoms with E-state index in [0.29, 0.717) is 5.75 Å². The van der Waals surface area contributed by atoms with Gasteiger partial charge in [-0.05, 0) is 59.3 Å². The van der Waals surface area contributed by atoms with Crippen LogP contribution in [0.5, 0.6) is 5.75 Å². The molecule has 2 rings (SSSR count). The molecule has 0 unspecified atom stereocenters. The van der Waals surface area contributed by atoms with Gasteiger partial charge in [-0.15, -0.1) is 0 Å². The van der Waals surface area contributed by atoms with E-state index in [4.69, 9.17) is 9.84 Å². The number of benzene rings is 1. The molecule has 1 N–H and O–H groups in total. The fraction of sp³-hybridized carbons (Fsp3) is 0.667. The molecular formula is C21H32O3. The van der Waals surface area contributed by atoms with Gasteiger partial charge >= 0.3 is 6.16 Å². The molecule has 0 atom stereocenters. The van der Waals surface area contributed by atoms with Gasteiger partial charge in [0.25, 0.3) is 0 Å². The number of hydrogen-bond acceptors (Lipinski definition) is 2.